The lowest BCUT2D eigenvalue weighted by molar-refractivity contribution is 0.265. The minimum Gasteiger partial charge on any atom is -0.493 e. The molecule has 4 aromatic rings. The SMILES string of the molecule is COc1cc(/C=C(\C#N)c2nn(-c3ccccc3)c(N)c2C#N)cc(OC)c1OCc1ccc(F)cc1. The Morgan fingerprint density at radius 3 is 2.24 bits per heavy atom. The van der Waals surface area contributed by atoms with Crippen LogP contribution < -0.4 is 19.9 Å². The fraction of sp³-hybridized carbons (Fsp3) is 0.107. The lowest BCUT2D eigenvalue weighted by Crippen LogP contribution is -2.02. The highest BCUT2D eigenvalue weighted by Gasteiger charge is 2.21. The summed E-state index contributed by atoms with van der Waals surface area (Å²) in [5, 5.41) is 24.1. The predicted molar refractivity (Wildman–Crippen MR) is 136 cm³/mol. The maximum atomic E-state index is 13.2. The molecule has 0 saturated carbocycles. The zero-order chi connectivity index (χ0) is 26.4. The Hall–Kier alpha value is -5.28. The van der Waals surface area contributed by atoms with Crippen LogP contribution >= 0.6 is 0 Å². The van der Waals surface area contributed by atoms with Crippen molar-refractivity contribution in [1.82, 2.24) is 9.78 Å². The number of halogens is 1. The van der Waals surface area contributed by atoms with Crippen LogP contribution in [0.5, 0.6) is 17.2 Å². The zero-order valence-electron chi connectivity index (χ0n) is 20.1. The minimum atomic E-state index is -0.335. The van der Waals surface area contributed by atoms with E-state index in [0.717, 1.165) is 5.56 Å². The molecule has 1 aromatic heterocycles. The molecule has 0 bridgehead atoms. The van der Waals surface area contributed by atoms with E-state index in [1.54, 1.807) is 42.5 Å². The summed E-state index contributed by atoms with van der Waals surface area (Å²) in [4.78, 5) is 0. The molecule has 0 spiro atoms. The molecule has 0 saturated heterocycles. The van der Waals surface area contributed by atoms with Gasteiger partial charge < -0.3 is 19.9 Å². The van der Waals surface area contributed by atoms with Gasteiger partial charge in [0.1, 0.15) is 41.6 Å². The Balaban J connectivity index is 1.72. The summed E-state index contributed by atoms with van der Waals surface area (Å²) < 4.78 is 31.6. The van der Waals surface area contributed by atoms with Gasteiger partial charge in [-0.05, 0) is 53.6 Å². The number of nitrogen functional groups attached to an aromatic ring is 1. The Morgan fingerprint density at radius 2 is 1.68 bits per heavy atom. The lowest BCUT2D eigenvalue weighted by Gasteiger charge is -2.15. The molecule has 3 aromatic carbocycles. The second kappa shape index (κ2) is 11.0. The fourth-order valence-corrected chi connectivity index (χ4v) is 3.68. The van der Waals surface area contributed by atoms with Crippen LogP contribution in [0.1, 0.15) is 22.4 Å². The molecule has 0 unspecified atom stereocenters. The number of nitriles is 2. The number of para-hydroxylation sites is 1. The number of aromatic nitrogens is 2. The first-order valence-corrected chi connectivity index (χ1v) is 11.1. The molecule has 0 atom stereocenters. The summed E-state index contributed by atoms with van der Waals surface area (Å²) in [6.45, 7) is 0.160. The number of nitrogens with two attached hydrogens (primary N) is 1. The van der Waals surface area contributed by atoms with Crippen LogP contribution in [-0.4, -0.2) is 24.0 Å². The number of rotatable bonds is 8. The van der Waals surface area contributed by atoms with E-state index >= 15 is 0 Å². The van der Waals surface area contributed by atoms with E-state index in [-0.39, 0.29) is 35.1 Å². The van der Waals surface area contributed by atoms with Gasteiger partial charge in [0.15, 0.2) is 11.5 Å². The van der Waals surface area contributed by atoms with Crippen molar-refractivity contribution in [2.24, 2.45) is 0 Å². The third-order valence-electron chi connectivity index (χ3n) is 5.50. The fourth-order valence-electron chi connectivity index (χ4n) is 3.68. The number of hydrogen-bond acceptors (Lipinski definition) is 7. The summed E-state index contributed by atoms with van der Waals surface area (Å²) in [7, 11) is 2.96. The number of nitrogens with zero attached hydrogens (tertiary/aromatic N) is 4. The van der Waals surface area contributed by atoms with Gasteiger partial charge in [-0.3, -0.25) is 0 Å². The Kier molecular flexibility index (Phi) is 7.37. The summed E-state index contributed by atoms with van der Waals surface area (Å²) >= 11 is 0. The number of anilines is 1. The number of benzene rings is 3. The van der Waals surface area contributed by atoms with E-state index in [0.29, 0.717) is 28.5 Å². The van der Waals surface area contributed by atoms with Gasteiger partial charge in [0.25, 0.3) is 0 Å². The van der Waals surface area contributed by atoms with Crippen molar-refractivity contribution in [2.75, 3.05) is 20.0 Å². The molecule has 9 heteroatoms. The molecule has 0 aliphatic heterocycles. The maximum absolute atomic E-state index is 13.2. The summed E-state index contributed by atoms with van der Waals surface area (Å²) in [6.07, 6.45) is 1.56. The van der Waals surface area contributed by atoms with Crippen LogP contribution in [0.15, 0.2) is 66.7 Å². The molecular formula is C28H22FN5O3. The Morgan fingerprint density at radius 1 is 1.03 bits per heavy atom. The zero-order valence-corrected chi connectivity index (χ0v) is 20.1. The molecule has 4 rings (SSSR count). The Bertz CT molecular complexity index is 1510. The van der Waals surface area contributed by atoms with E-state index < -0.39 is 0 Å². The molecule has 8 nitrogen and oxygen atoms in total. The van der Waals surface area contributed by atoms with Crippen LogP contribution in [0.4, 0.5) is 10.2 Å². The van der Waals surface area contributed by atoms with Gasteiger partial charge in [-0.15, -0.1) is 0 Å². The first-order chi connectivity index (χ1) is 18.0. The largest absolute Gasteiger partial charge is 0.493 e. The quantitative estimate of drug-likeness (QED) is 0.337. The number of hydrogen-bond donors (Lipinski definition) is 1. The molecule has 1 heterocycles. The Labute approximate surface area is 213 Å². The first-order valence-electron chi connectivity index (χ1n) is 11.1. The predicted octanol–water partition coefficient (Wildman–Crippen LogP) is 5.13. The van der Waals surface area contributed by atoms with Crippen LogP contribution in [0, 0.1) is 28.5 Å². The molecule has 0 amide bonds. The van der Waals surface area contributed by atoms with Gasteiger partial charge in [-0.2, -0.15) is 15.6 Å². The van der Waals surface area contributed by atoms with E-state index in [1.807, 2.05) is 18.2 Å². The minimum absolute atomic E-state index is 0.0924. The highest BCUT2D eigenvalue weighted by atomic mass is 19.1. The van der Waals surface area contributed by atoms with Gasteiger partial charge in [-0.1, -0.05) is 30.3 Å². The van der Waals surface area contributed by atoms with Gasteiger partial charge >= 0.3 is 0 Å². The maximum Gasteiger partial charge on any atom is 0.203 e. The second-order valence-electron chi connectivity index (χ2n) is 7.81. The molecule has 2 N–H and O–H groups in total. The standard InChI is InChI=1S/C28H22FN5O3/c1-35-24-13-19(14-25(36-2)27(24)37-17-18-8-10-21(29)11-9-18)12-20(15-30)26-23(16-31)28(32)34(33-26)22-6-4-3-5-7-22/h3-14H,17,32H2,1-2H3/b20-12+. The van der Waals surface area contributed by atoms with Gasteiger partial charge in [0.05, 0.1) is 25.5 Å². The summed E-state index contributed by atoms with van der Waals surface area (Å²) in [5.41, 5.74) is 8.54. The van der Waals surface area contributed by atoms with Crippen molar-refractivity contribution >= 4 is 17.5 Å². The van der Waals surface area contributed by atoms with Crippen LogP contribution in [0.3, 0.4) is 0 Å². The normalized spacial score (nSPS) is 10.9. The molecule has 0 radical (unpaired) electrons. The molecule has 0 fully saturated rings. The molecule has 184 valence electrons. The van der Waals surface area contributed by atoms with E-state index in [1.165, 1.54) is 31.0 Å². The topological polar surface area (TPSA) is 119 Å². The van der Waals surface area contributed by atoms with Crippen molar-refractivity contribution in [3.63, 3.8) is 0 Å². The number of methoxy groups -OCH3 is 2. The highest BCUT2D eigenvalue weighted by Crippen LogP contribution is 2.40. The van der Waals surface area contributed by atoms with Crippen molar-refractivity contribution in [1.29, 1.82) is 10.5 Å². The van der Waals surface area contributed by atoms with E-state index in [2.05, 4.69) is 17.2 Å². The monoisotopic (exact) mass is 495 g/mol. The van der Waals surface area contributed by atoms with Crippen LogP contribution in [0.2, 0.25) is 0 Å². The average Bonchev–Trinajstić information content (AvgIpc) is 3.27. The average molecular weight is 496 g/mol. The number of ether oxygens (including phenoxy) is 3. The van der Waals surface area contributed by atoms with Gasteiger partial charge in [-0.25, -0.2) is 9.07 Å². The van der Waals surface area contributed by atoms with Crippen molar-refractivity contribution < 1.29 is 18.6 Å². The second-order valence-corrected chi connectivity index (χ2v) is 7.81. The summed E-state index contributed by atoms with van der Waals surface area (Å²) in [5.74, 6) is 0.864. The van der Waals surface area contributed by atoms with Crippen molar-refractivity contribution in [3.05, 3.63) is 94.9 Å². The van der Waals surface area contributed by atoms with E-state index in [4.69, 9.17) is 19.9 Å². The van der Waals surface area contributed by atoms with Crippen molar-refractivity contribution in [2.45, 2.75) is 6.61 Å². The van der Waals surface area contributed by atoms with Gasteiger partial charge in [0, 0.05) is 0 Å². The summed E-state index contributed by atoms with van der Waals surface area (Å²) in [6, 6.07) is 22.5. The van der Waals surface area contributed by atoms with E-state index in [9.17, 15) is 14.9 Å². The molecule has 0 aliphatic carbocycles. The molecule has 0 aliphatic rings. The lowest BCUT2D eigenvalue weighted by atomic mass is 10.1. The molecule has 37 heavy (non-hydrogen) atoms. The third-order valence-corrected chi connectivity index (χ3v) is 5.50. The number of allylic oxidation sites excluding steroid dienone is 1. The highest BCUT2D eigenvalue weighted by molar-refractivity contribution is 5.92. The van der Waals surface area contributed by atoms with Gasteiger partial charge in [0.2, 0.25) is 5.75 Å². The third kappa shape index (κ3) is 5.21. The van der Waals surface area contributed by atoms with Crippen molar-refractivity contribution in [3.8, 4) is 35.1 Å². The molecular weight excluding hydrogens is 473 g/mol. The van der Waals surface area contributed by atoms with Crippen LogP contribution in [0.25, 0.3) is 17.3 Å². The smallest absolute Gasteiger partial charge is 0.203 e. The first kappa shape index (κ1) is 24.8. The van der Waals surface area contributed by atoms with Crippen LogP contribution in [-0.2, 0) is 6.61 Å².